The molecule has 0 saturated carbocycles. The van der Waals surface area contributed by atoms with Crippen molar-refractivity contribution in [3.05, 3.63) is 97.2 Å². The number of rotatable bonds is 56. The van der Waals surface area contributed by atoms with E-state index < -0.39 is 26.6 Å². The number of allylic oxidation sites excluding steroid dienone is 15. The molecule has 3 unspecified atom stereocenters. The minimum atomic E-state index is -4.71. The maximum Gasteiger partial charge on any atom is 0.306 e. The van der Waals surface area contributed by atoms with E-state index in [1.54, 1.807) is 0 Å². The molecule has 0 radical (unpaired) electrons. The lowest BCUT2D eigenvalue weighted by atomic mass is 10.0. The monoisotopic (exact) mass is 1090 g/mol. The Morgan fingerprint density at radius 2 is 0.844 bits per heavy atom. The number of nitrogens with zero attached hydrogens (tertiary/aromatic N) is 1. The van der Waals surface area contributed by atoms with E-state index in [0.717, 1.165) is 128 Å². The third kappa shape index (κ3) is 57.4. The Labute approximate surface area is 475 Å². The van der Waals surface area contributed by atoms with Crippen molar-refractivity contribution < 1.29 is 37.3 Å². The van der Waals surface area contributed by atoms with Crippen LogP contribution in [0.1, 0.15) is 265 Å². The van der Waals surface area contributed by atoms with Gasteiger partial charge in [-0.1, -0.05) is 247 Å². The molecule has 0 aromatic rings. The van der Waals surface area contributed by atoms with Gasteiger partial charge in [0.05, 0.1) is 33.8 Å². The summed E-state index contributed by atoms with van der Waals surface area (Å²) >= 11 is 0. The topological polar surface area (TPSA) is 114 Å². The Morgan fingerprint density at radius 1 is 0.468 bits per heavy atom. The molecule has 3 atom stereocenters. The lowest BCUT2D eigenvalue weighted by Gasteiger charge is -2.30. The summed E-state index contributed by atoms with van der Waals surface area (Å²) in [5.74, 6) is -0.564. The minimum absolute atomic E-state index is 0.0292. The van der Waals surface area contributed by atoms with Crippen LogP contribution >= 0.6 is 7.82 Å². The normalized spacial score (nSPS) is 14.3. The maximum absolute atomic E-state index is 13.5. The molecule has 0 aliphatic rings. The van der Waals surface area contributed by atoms with Crippen LogP contribution in [0.5, 0.6) is 0 Å². The van der Waals surface area contributed by atoms with Gasteiger partial charge in [0.2, 0.25) is 5.91 Å². The van der Waals surface area contributed by atoms with Crippen molar-refractivity contribution in [1.29, 1.82) is 0 Å². The zero-order chi connectivity index (χ0) is 56.4. The minimum Gasteiger partial charge on any atom is -0.756 e. The van der Waals surface area contributed by atoms with Gasteiger partial charge in [0.1, 0.15) is 19.3 Å². The zero-order valence-electron chi connectivity index (χ0n) is 50.6. The van der Waals surface area contributed by atoms with Crippen molar-refractivity contribution in [3.8, 4) is 0 Å². The number of nitrogens with one attached hydrogen (secondary N) is 1. The van der Waals surface area contributed by atoms with Gasteiger partial charge in [0, 0.05) is 12.8 Å². The molecular formula is C67H119N2O7P. The van der Waals surface area contributed by atoms with E-state index in [-0.39, 0.29) is 24.9 Å². The molecule has 444 valence electrons. The number of phosphoric acid groups is 1. The fourth-order valence-electron chi connectivity index (χ4n) is 8.62. The molecule has 9 nitrogen and oxygen atoms in total. The molecule has 0 aliphatic carbocycles. The van der Waals surface area contributed by atoms with Crippen molar-refractivity contribution in [3.63, 3.8) is 0 Å². The number of carbonyl (C=O) groups is 2. The number of ether oxygens (including phenoxy) is 1. The van der Waals surface area contributed by atoms with E-state index in [4.69, 9.17) is 13.8 Å². The highest BCUT2D eigenvalue weighted by Crippen LogP contribution is 2.38. The standard InChI is InChI=1S/C67H119N2O7P/c1-7-10-13-16-19-22-25-27-28-29-30-31-32-33-34-35-36-37-38-39-40-42-45-47-50-53-56-59-66(70)68-64(63-75-77(72,73)74-62-61-69(4,5)6)65(58-55-52-49-46-44-41-26-23-20-17-14-11-8-2)76-67(71)60-57-54-51-48-43-24-21-18-15-12-9-3/h10,13,18-19,21-22,27-28,30-31,33-34,36-37,55,58,64-65H,7-9,11-12,14-17,20,23-26,29,32,35,38-54,56-57,59-63H2,1-6H3,(H-,68,70,72,73)/b13-10-,21-18-,22-19-,28-27-,31-30-,34-33-,37-36-,58-55+. The Morgan fingerprint density at radius 3 is 1.30 bits per heavy atom. The van der Waals surface area contributed by atoms with Gasteiger partial charge in [-0.15, -0.1) is 0 Å². The fourth-order valence-corrected chi connectivity index (χ4v) is 9.35. The summed E-state index contributed by atoms with van der Waals surface area (Å²) in [6.45, 7) is 6.67. The lowest BCUT2D eigenvalue weighted by Crippen LogP contribution is -2.47. The van der Waals surface area contributed by atoms with Gasteiger partial charge in [-0.05, 0) is 102 Å². The van der Waals surface area contributed by atoms with Crippen molar-refractivity contribution in [2.24, 2.45) is 0 Å². The zero-order valence-corrected chi connectivity index (χ0v) is 51.5. The molecule has 0 saturated heterocycles. The van der Waals surface area contributed by atoms with Gasteiger partial charge >= 0.3 is 5.97 Å². The van der Waals surface area contributed by atoms with Crippen LogP contribution in [0.15, 0.2) is 97.2 Å². The highest BCUT2D eigenvalue weighted by Gasteiger charge is 2.27. The number of esters is 1. The average molecular weight is 1100 g/mol. The molecule has 10 heteroatoms. The van der Waals surface area contributed by atoms with Crippen LogP contribution in [-0.4, -0.2) is 69.4 Å². The second-order valence-corrected chi connectivity index (χ2v) is 23.6. The quantitative estimate of drug-likeness (QED) is 0.0212. The van der Waals surface area contributed by atoms with Crippen LogP contribution in [-0.2, 0) is 27.9 Å². The van der Waals surface area contributed by atoms with Crippen LogP contribution in [0, 0.1) is 0 Å². The Kier molecular flexibility index (Phi) is 54.0. The fraction of sp³-hybridized carbons (Fsp3) is 0.731. The number of unbranched alkanes of at least 4 members (excludes halogenated alkanes) is 26. The van der Waals surface area contributed by atoms with E-state index >= 15 is 0 Å². The van der Waals surface area contributed by atoms with Gasteiger partial charge in [-0.3, -0.25) is 14.2 Å². The number of phosphoric ester groups is 1. The third-order valence-electron chi connectivity index (χ3n) is 13.5. The van der Waals surface area contributed by atoms with E-state index in [9.17, 15) is 19.0 Å². The summed E-state index contributed by atoms with van der Waals surface area (Å²) in [6.07, 6.45) is 75.2. The van der Waals surface area contributed by atoms with Gasteiger partial charge in [-0.2, -0.15) is 0 Å². The molecule has 0 spiro atoms. The van der Waals surface area contributed by atoms with Crippen LogP contribution in [0.4, 0.5) is 0 Å². The summed E-state index contributed by atoms with van der Waals surface area (Å²) in [5, 5.41) is 3.02. The lowest BCUT2D eigenvalue weighted by molar-refractivity contribution is -0.870. The van der Waals surface area contributed by atoms with Crippen molar-refractivity contribution in [2.75, 3.05) is 40.9 Å². The van der Waals surface area contributed by atoms with Gasteiger partial charge in [0.15, 0.2) is 0 Å². The molecule has 0 fully saturated rings. The van der Waals surface area contributed by atoms with Crippen LogP contribution in [0.25, 0.3) is 0 Å². The summed E-state index contributed by atoms with van der Waals surface area (Å²) in [4.78, 5) is 39.9. The van der Waals surface area contributed by atoms with Crippen LogP contribution < -0.4 is 10.2 Å². The first kappa shape index (κ1) is 73.9. The molecule has 0 heterocycles. The molecule has 0 bridgehead atoms. The number of hydrogen-bond donors (Lipinski definition) is 1. The maximum atomic E-state index is 13.5. The molecule has 1 N–H and O–H groups in total. The Balaban J connectivity index is 5.12. The van der Waals surface area contributed by atoms with E-state index in [1.807, 2.05) is 33.3 Å². The summed E-state index contributed by atoms with van der Waals surface area (Å²) in [5.41, 5.74) is 0. The summed E-state index contributed by atoms with van der Waals surface area (Å²) in [6, 6.07) is -0.900. The second kappa shape index (κ2) is 56.2. The second-order valence-electron chi connectivity index (χ2n) is 22.2. The van der Waals surface area contributed by atoms with Crippen LogP contribution in [0.2, 0.25) is 0 Å². The highest BCUT2D eigenvalue weighted by atomic mass is 31.2. The molecule has 77 heavy (non-hydrogen) atoms. The van der Waals surface area contributed by atoms with Crippen molar-refractivity contribution >= 4 is 19.7 Å². The predicted octanol–water partition coefficient (Wildman–Crippen LogP) is 18.9. The van der Waals surface area contributed by atoms with Gasteiger partial charge < -0.3 is 28.5 Å². The molecule has 0 aromatic carbocycles. The van der Waals surface area contributed by atoms with Gasteiger partial charge in [-0.25, -0.2) is 0 Å². The summed E-state index contributed by atoms with van der Waals surface area (Å²) < 4.78 is 30.3. The largest absolute Gasteiger partial charge is 0.756 e. The van der Waals surface area contributed by atoms with Crippen LogP contribution in [0.3, 0.4) is 0 Å². The average Bonchev–Trinajstić information content (AvgIpc) is 3.39. The first-order valence-corrected chi connectivity index (χ1v) is 33.0. The number of hydrogen-bond acceptors (Lipinski definition) is 7. The Hall–Kier alpha value is -3.07. The predicted molar refractivity (Wildman–Crippen MR) is 330 cm³/mol. The first-order valence-electron chi connectivity index (χ1n) is 31.5. The molecule has 0 aliphatic heterocycles. The Bertz CT molecular complexity index is 1640. The van der Waals surface area contributed by atoms with E-state index in [2.05, 4.69) is 111 Å². The van der Waals surface area contributed by atoms with Gasteiger partial charge in [0.25, 0.3) is 7.82 Å². The molecule has 0 aromatic heterocycles. The number of quaternary nitrogens is 1. The number of amides is 1. The first-order chi connectivity index (χ1) is 37.4. The smallest absolute Gasteiger partial charge is 0.306 e. The number of carbonyl (C=O) groups excluding carboxylic acids is 2. The number of likely N-dealkylation sites (N-methyl/N-ethyl adjacent to an activating group) is 1. The molecular weight excluding hydrogens is 976 g/mol. The van der Waals surface area contributed by atoms with E-state index in [0.29, 0.717) is 23.9 Å². The molecule has 1 amide bonds. The highest BCUT2D eigenvalue weighted by molar-refractivity contribution is 7.45. The van der Waals surface area contributed by atoms with Crippen molar-refractivity contribution in [1.82, 2.24) is 5.32 Å². The SMILES string of the molecule is CC/C=C\C/C=C\C/C=C\C/C=C\C/C=C\C/C=C\CCCCCCCCCCC(=O)NC(COP(=O)([O-])OCC[N+](C)(C)C)C(/C=C/CCCCCCCCCCCCC)OC(=O)CCCCCCC/C=C\CCCC. The molecule has 0 rings (SSSR count). The third-order valence-corrected chi connectivity index (χ3v) is 14.5. The van der Waals surface area contributed by atoms with E-state index in [1.165, 1.54) is 96.3 Å². The van der Waals surface area contributed by atoms with Crippen molar-refractivity contribution in [2.45, 2.75) is 277 Å². The summed E-state index contributed by atoms with van der Waals surface area (Å²) in [7, 11) is 1.16.